The minimum atomic E-state index is -3.50. The molecule has 6 heteroatoms. The van der Waals surface area contributed by atoms with Gasteiger partial charge in [-0.25, -0.2) is 0 Å². The van der Waals surface area contributed by atoms with Gasteiger partial charge in [0.25, 0.3) is 10.2 Å². The van der Waals surface area contributed by atoms with Crippen molar-refractivity contribution in [2.75, 3.05) is 13.6 Å². The molecule has 0 saturated heterocycles. The molecule has 16 heavy (non-hydrogen) atoms. The van der Waals surface area contributed by atoms with Crippen molar-refractivity contribution in [3.05, 3.63) is 0 Å². The normalized spacial score (nSPS) is 17.5. The van der Waals surface area contributed by atoms with E-state index in [4.69, 9.17) is 5.73 Å². The molecule has 5 nitrogen and oxygen atoms in total. The second-order valence-electron chi connectivity index (χ2n) is 5.38. The zero-order valence-corrected chi connectivity index (χ0v) is 12.0. The fourth-order valence-corrected chi connectivity index (χ4v) is 2.94. The van der Waals surface area contributed by atoms with E-state index in [-0.39, 0.29) is 0 Å². The van der Waals surface area contributed by atoms with Gasteiger partial charge in [0.05, 0.1) is 0 Å². The Hall–Kier alpha value is -0.170. The highest BCUT2D eigenvalue weighted by atomic mass is 32.2. The molecule has 0 aliphatic heterocycles. The van der Waals surface area contributed by atoms with Gasteiger partial charge < -0.3 is 5.73 Å². The van der Waals surface area contributed by atoms with Crippen LogP contribution in [0.15, 0.2) is 0 Å². The van der Waals surface area contributed by atoms with Crippen molar-refractivity contribution in [3.63, 3.8) is 0 Å². The summed E-state index contributed by atoms with van der Waals surface area (Å²) in [4.78, 5) is 0. The van der Waals surface area contributed by atoms with Gasteiger partial charge >= 0.3 is 0 Å². The SMILES string of the molecule is CCC(C)(CN)N(C)S(=O)(=O)NC(C)(C)C. The Morgan fingerprint density at radius 3 is 1.94 bits per heavy atom. The zero-order valence-electron chi connectivity index (χ0n) is 11.2. The molecular weight excluding hydrogens is 226 g/mol. The Morgan fingerprint density at radius 1 is 1.25 bits per heavy atom. The maximum atomic E-state index is 12.1. The van der Waals surface area contributed by atoms with E-state index in [2.05, 4.69) is 4.72 Å². The van der Waals surface area contributed by atoms with Crippen molar-refractivity contribution in [1.82, 2.24) is 9.03 Å². The smallest absolute Gasteiger partial charge is 0.280 e. The number of nitrogens with two attached hydrogens (primary N) is 1. The largest absolute Gasteiger partial charge is 0.329 e. The van der Waals surface area contributed by atoms with Gasteiger partial charge in [0.2, 0.25) is 0 Å². The van der Waals surface area contributed by atoms with Crippen LogP contribution >= 0.6 is 0 Å². The highest BCUT2D eigenvalue weighted by Gasteiger charge is 2.36. The summed E-state index contributed by atoms with van der Waals surface area (Å²) in [7, 11) is -1.94. The topological polar surface area (TPSA) is 75.4 Å². The van der Waals surface area contributed by atoms with E-state index >= 15 is 0 Å². The Morgan fingerprint density at radius 2 is 1.69 bits per heavy atom. The molecule has 0 fully saturated rings. The first kappa shape index (κ1) is 15.8. The van der Waals surface area contributed by atoms with Crippen LogP contribution in [0.1, 0.15) is 41.0 Å². The molecule has 0 bridgehead atoms. The third-order valence-corrected chi connectivity index (χ3v) is 4.79. The second-order valence-corrected chi connectivity index (χ2v) is 7.08. The number of rotatable bonds is 5. The van der Waals surface area contributed by atoms with Crippen LogP contribution in [0.3, 0.4) is 0 Å². The standard InChI is InChI=1S/C10H25N3O2S/c1-7-10(5,8-11)13(6)16(14,15)12-9(2,3)4/h12H,7-8,11H2,1-6H3. The lowest BCUT2D eigenvalue weighted by Crippen LogP contribution is -2.57. The molecule has 1 unspecified atom stereocenters. The number of hydrogen-bond acceptors (Lipinski definition) is 3. The molecule has 3 N–H and O–H groups in total. The van der Waals surface area contributed by atoms with Gasteiger partial charge in [-0.2, -0.15) is 17.4 Å². The summed E-state index contributed by atoms with van der Waals surface area (Å²) >= 11 is 0. The number of nitrogens with one attached hydrogen (secondary N) is 1. The van der Waals surface area contributed by atoms with Crippen LogP contribution in [0.5, 0.6) is 0 Å². The average molecular weight is 251 g/mol. The Balaban J connectivity index is 5.04. The Labute approximate surface area is 99.6 Å². The zero-order chi connectivity index (χ0) is 13.2. The molecule has 0 radical (unpaired) electrons. The molecule has 0 rings (SSSR count). The minimum Gasteiger partial charge on any atom is -0.329 e. The summed E-state index contributed by atoms with van der Waals surface area (Å²) < 4.78 is 28.1. The number of nitrogens with zero attached hydrogens (tertiary/aromatic N) is 1. The molecule has 0 heterocycles. The van der Waals surface area contributed by atoms with E-state index in [1.807, 2.05) is 34.6 Å². The summed E-state index contributed by atoms with van der Waals surface area (Å²) in [5.74, 6) is 0. The van der Waals surface area contributed by atoms with Gasteiger partial charge in [-0.1, -0.05) is 6.92 Å². The van der Waals surface area contributed by atoms with E-state index in [1.54, 1.807) is 7.05 Å². The van der Waals surface area contributed by atoms with E-state index in [0.29, 0.717) is 13.0 Å². The van der Waals surface area contributed by atoms with E-state index in [0.717, 1.165) is 0 Å². The van der Waals surface area contributed by atoms with E-state index < -0.39 is 21.3 Å². The first-order chi connectivity index (χ1) is 6.98. The lowest BCUT2D eigenvalue weighted by Gasteiger charge is -2.37. The predicted molar refractivity (Wildman–Crippen MR) is 67.3 cm³/mol. The summed E-state index contributed by atoms with van der Waals surface area (Å²) in [6.45, 7) is 9.49. The van der Waals surface area contributed by atoms with Crippen molar-refractivity contribution in [2.45, 2.75) is 52.1 Å². The molecule has 0 spiro atoms. The predicted octanol–water partition coefficient (Wildman–Crippen LogP) is 0.679. The van der Waals surface area contributed by atoms with Gasteiger partial charge in [0.1, 0.15) is 0 Å². The van der Waals surface area contributed by atoms with Crippen LogP contribution < -0.4 is 10.5 Å². The first-order valence-electron chi connectivity index (χ1n) is 5.46. The van der Waals surface area contributed by atoms with Crippen molar-refractivity contribution in [3.8, 4) is 0 Å². The van der Waals surface area contributed by atoms with Crippen LogP contribution in [0.25, 0.3) is 0 Å². The summed E-state index contributed by atoms with van der Waals surface area (Å²) in [5.41, 5.74) is 4.61. The molecular formula is C10H25N3O2S. The average Bonchev–Trinajstić information content (AvgIpc) is 2.11. The third kappa shape index (κ3) is 4.01. The maximum Gasteiger partial charge on any atom is 0.280 e. The molecule has 0 aromatic rings. The molecule has 0 aromatic carbocycles. The summed E-state index contributed by atoms with van der Waals surface area (Å²) in [6.07, 6.45) is 0.672. The van der Waals surface area contributed by atoms with E-state index in [9.17, 15) is 8.42 Å². The first-order valence-corrected chi connectivity index (χ1v) is 6.90. The fraction of sp³-hybridized carbons (Fsp3) is 1.00. The van der Waals surface area contributed by atoms with Crippen LogP contribution in [0, 0.1) is 0 Å². The van der Waals surface area contributed by atoms with Crippen LogP contribution in [0.4, 0.5) is 0 Å². The monoisotopic (exact) mass is 251 g/mol. The number of hydrogen-bond donors (Lipinski definition) is 2. The van der Waals surface area contributed by atoms with E-state index in [1.165, 1.54) is 4.31 Å². The lowest BCUT2D eigenvalue weighted by molar-refractivity contribution is 0.234. The Kier molecular flexibility index (Phi) is 4.94. The van der Waals surface area contributed by atoms with Crippen molar-refractivity contribution in [2.24, 2.45) is 5.73 Å². The van der Waals surface area contributed by atoms with Crippen molar-refractivity contribution < 1.29 is 8.42 Å². The van der Waals surface area contributed by atoms with Crippen molar-refractivity contribution in [1.29, 1.82) is 0 Å². The van der Waals surface area contributed by atoms with Gasteiger partial charge in [-0.05, 0) is 34.1 Å². The van der Waals surface area contributed by atoms with Gasteiger partial charge in [0.15, 0.2) is 0 Å². The quantitative estimate of drug-likeness (QED) is 0.754. The highest BCUT2D eigenvalue weighted by Crippen LogP contribution is 2.20. The Bertz CT molecular complexity index is 315. The van der Waals surface area contributed by atoms with Crippen LogP contribution in [-0.4, -0.2) is 37.4 Å². The fourth-order valence-electron chi connectivity index (χ4n) is 1.24. The highest BCUT2D eigenvalue weighted by molar-refractivity contribution is 7.87. The number of likely N-dealkylation sites (N-methyl/N-ethyl adjacent to an activating group) is 1. The molecule has 0 saturated carbocycles. The molecule has 98 valence electrons. The molecule has 0 aliphatic carbocycles. The second kappa shape index (κ2) is 5.00. The summed E-state index contributed by atoms with van der Waals surface area (Å²) in [5, 5.41) is 0. The lowest BCUT2D eigenvalue weighted by atomic mass is 10.00. The van der Waals surface area contributed by atoms with Crippen LogP contribution in [-0.2, 0) is 10.2 Å². The van der Waals surface area contributed by atoms with Gasteiger partial charge in [-0.15, -0.1) is 0 Å². The van der Waals surface area contributed by atoms with Crippen molar-refractivity contribution >= 4 is 10.2 Å². The van der Waals surface area contributed by atoms with Gasteiger partial charge in [0, 0.05) is 24.7 Å². The molecule has 0 aliphatic rings. The third-order valence-electron chi connectivity index (χ3n) is 2.76. The molecule has 1 atom stereocenters. The van der Waals surface area contributed by atoms with Crippen LogP contribution in [0.2, 0.25) is 0 Å². The summed E-state index contributed by atoms with van der Waals surface area (Å²) in [6, 6.07) is 0. The minimum absolute atomic E-state index is 0.297. The molecule has 0 amide bonds. The van der Waals surface area contributed by atoms with Gasteiger partial charge in [-0.3, -0.25) is 0 Å². The molecule has 0 aromatic heterocycles. The maximum absolute atomic E-state index is 12.1.